The molecule has 33 heavy (non-hydrogen) atoms. The summed E-state index contributed by atoms with van der Waals surface area (Å²) in [5, 5.41) is 7.49. The van der Waals surface area contributed by atoms with Crippen LogP contribution < -0.4 is 10.6 Å². The molecule has 0 spiro atoms. The Morgan fingerprint density at radius 1 is 1.09 bits per heavy atom. The number of nitrogens with one attached hydrogen (secondary N) is 2. The molecule has 2 aromatic heterocycles. The van der Waals surface area contributed by atoms with Gasteiger partial charge in [0.05, 0.1) is 5.39 Å². The third-order valence-corrected chi connectivity index (χ3v) is 5.92. The molecule has 0 atom stereocenters. The van der Waals surface area contributed by atoms with Gasteiger partial charge in [0.1, 0.15) is 12.1 Å². The number of ether oxygens (including phenoxy) is 1. The first-order chi connectivity index (χ1) is 16.1. The van der Waals surface area contributed by atoms with E-state index in [1.54, 1.807) is 6.33 Å². The number of rotatable bonds is 5. The van der Waals surface area contributed by atoms with Crippen molar-refractivity contribution in [1.29, 1.82) is 0 Å². The average Bonchev–Trinajstić information content (AvgIpc) is 3.20. The van der Waals surface area contributed by atoms with Crippen LogP contribution in [0.25, 0.3) is 27.8 Å². The van der Waals surface area contributed by atoms with E-state index in [2.05, 4.69) is 62.6 Å². The Morgan fingerprint density at radius 2 is 1.91 bits per heavy atom. The molecule has 3 heterocycles. The van der Waals surface area contributed by atoms with Gasteiger partial charge in [-0.1, -0.05) is 24.3 Å². The van der Waals surface area contributed by atoms with Crippen LogP contribution >= 0.6 is 0 Å². The summed E-state index contributed by atoms with van der Waals surface area (Å²) in [6, 6.07) is 16.5. The lowest BCUT2D eigenvalue weighted by Crippen LogP contribution is -2.28. The number of aryl methyl sites for hydroxylation is 1. The molecule has 5 rings (SSSR count). The number of amides is 1. The number of fused-ring (bicyclic) bond motifs is 1. The van der Waals surface area contributed by atoms with Gasteiger partial charge in [-0.3, -0.25) is 4.79 Å². The van der Waals surface area contributed by atoms with Crippen molar-refractivity contribution < 1.29 is 9.53 Å². The van der Waals surface area contributed by atoms with Gasteiger partial charge in [0.2, 0.25) is 5.91 Å². The van der Waals surface area contributed by atoms with Crippen LogP contribution in [0.15, 0.2) is 61.1 Å². The van der Waals surface area contributed by atoms with E-state index < -0.39 is 0 Å². The number of hydrogen-bond acceptors (Lipinski definition) is 5. The second kappa shape index (κ2) is 9.03. The first-order valence-corrected chi connectivity index (χ1v) is 11.2. The smallest absolute Gasteiger partial charge is 0.221 e. The van der Waals surface area contributed by atoms with Crippen LogP contribution in [0.3, 0.4) is 0 Å². The Kier molecular flexibility index (Phi) is 5.79. The highest BCUT2D eigenvalue weighted by Crippen LogP contribution is 2.37. The minimum absolute atomic E-state index is 0.0976. The second-order valence-electron chi connectivity index (χ2n) is 8.47. The zero-order valence-electron chi connectivity index (χ0n) is 18.8. The third kappa shape index (κ3) is 4.45. The number of carbonyl (C=O) groups excluding carboxylic acids is 1. The third-order valence-electron chi connectivity index (χ3n) is 5.92. The highest BCUT2D eigenvalue weighted by molar-refractivity contribution is 6.03. The summed E-state index contributed by atoms with van der Waals surface area (Å²) in [7, 11) is 0. The molecule has 0 saturated carbocycles. The molecule has 7 nitrogen and oxygen atoms in total. The van der Waals surface area contributed by atoms with Crippen LogP contribution in [0.1, 0.15) is 25.3 Å². The van der Waals surface area contributed by atoms with Gasteiger partial charge in [-0.25, -0.2) is 9.97 Å². The topological polar surface area (TPSA) is 81.1 Å². The van der Waals surface area contributed by atoms with Crippen molar-refractivity contribution in [2.75, 3.05) is 23.8 Å². The van der Waals surface area contributed by atoms with Crippen molar-refractivity contribution in [3.05, 3.63) is 66.6 Å². The van der Waals surface area contributed by atoms with E-state index in [-0.39, 0.29) is 5.91 Å². The minimum atomic E-state index is -0.0976. The number of carbonyl (C=O) groups is 1. The lowest BCUT2D eigenvalue weighted by Gasteiger charge is -2.24. The summed E-state index contributed by atoms with van der Waals surface area (Å²) in [6.07, 6.45) is 5.61. The van der Waals surface area contributed by atoms with Crippen LogP contribution in [-0.2, 0) is 9.53 Å². The molecule has 1 aliphatic heterocycles. The first kappa shape index (κ1) is 21.2. The summed E-state index contributed by atoms with van der Waals surface area (Å²) >= 11 is 0. The molecule has 1 amide bonds. The summed E-state index contributed by atoms with van der Waals surface area (Å²) in [4.78, 5) is 20.9. The van der Waals surface area contributed by atoms with Crippen LogP contribution in [0.5, 0.6) is 0 Å². The van der Waals surface area contributed by atoms with Gasteiger partial charge in [0, 0.05) is 49.3 Å². The van der Waals surface area contributed by atoms with Gasteiger partial charge in [-0.2, -0.15) is 0 Å². The lowest BCUT2D eigenvalue weighted by molar-refractivity contribution is -0.114. The Morgan fingerprint density at radius 3 is 2.70 bits per heavy atom. The second-order valence-corrected chi connectivity index (χ2v) is 8.47. The largest absolute Gasteiger partial charge is 0.381 e. The van der Waals surface area contributed by atoms with Crippen LogP contribution in [0.2, 0.25) is 0 Å². The van der Waals surface area contributed by atoms with Crippen LogP contribution in [-0.4, -0.2) is 39.7 Å². The minimum Gasteiger partial charge on any atom is -0.381 e. The Labute approximate surface area is 192 Å². The van der Waals surface area contributed by atoms with Gasteiger partial charge in [-0.05, 0) is 55.2 Å². The van der Waals surface area contributed by atoms with Gasteiger partial charge >= 0.3 is 0 Å². The predicted octanol–water partition coefficient (Wildman–Crippen LogP) is 4.95. The van der Waals surface area contributed by atoms with Gasteiger partial charge in [0.15, 0.2) is 5.65 Å². The maximum atomic E-state index is 11.6. The molecule has 0 aliphatic carbocycles. The molecule has 0 bridgehead atoms. The molecular weight excluding hydrogens is 414 g/mol. The molecule has 0 unspecified atom stereocenters. The normalized spacial score (nSPS) is 14.4. The number of anilines is 2. The predicted molar refractivity (Wildman–Crippen MR) is 131 cm³/mol. The van der Waals surface area contributed by atoms with Crippen molar-refractivity contribution in [2.45, 2.75) is 32.7 Å². The maximum absolute atomic E-state index is 11.6. The SMILES string of the molecule is CC(=O)Nc1cccc(-c2cn(-c3cccc(C)c3)c3ncnc(NC4CCOCC4)c23)c1. The highest BCUT2D eigenvalue weighted by atomic mass is 16.5. The Bertz CT molecular complexity index is 1310. The summed E-state index contributed by atoms with van der Waals surface area (Å²) in [5.41, 5.74) is 5.81. The maximum Gasteiger partial charge on any atom is 0.221 e. The van der Waals surface area contributed by atoms with Crippen LogP contribution in [0.4, 0.5) is 11.5 Å². The van der Waals surface area contributed by atoms with E-state index >= 15 is 0 Å². The highest BCUT2D eigenvalue weighted by Gasteiger charge is 2.21. The molecule has 1 aliphatic rings. The van der Waals surface area contributed by atoms with Gasteiger partial charge in [-0.15, -0.1) is 0 Å². The van der Waals surface area contributed by atoms with E-state index in [1.807, 2.05) is 24.3 Å². The molecule has 0 radical (unpaired) electrons. The Hall–Kier alpha value is -3.71. The van der Waals surface area contributed by atoms with Crippen molar-refractivity contribution in [3.63, 3.8) is 0 Å². The van der Waals surface area contributed by atoms with Gasteiger partial charge < -0.3 is 19.9 Å². The number of benzene rings is 2. The van der Waals surface area contributed by atoms with E-state index in [4.69, 9.17) is 4.74 Å². The fourth-order valence-electron chi connectivity index (χ4n) is 4.37. The molecular formula is C26H27N5O2. The van der Waals surface area contributed by atoms with Crippen molar-refractivity contribution in [1.82, 2.24) is 14.5 Å². The zero-order chi connectivity index (χ0) is 22.8. The monoisotopic (exact) mass is 441 g/mol. The Balaban J connectivity index is 1.69. The summed E-state index contributed by atoms with van der Waals surface area (Å²) in [5.74, 6) is 0.720. The molecule has 4 aromatic rings. The molecule has 1 fully saturated rings. The molecule has 168 valence electrons. The van der Waals surface area contributed by atoms with Crippen LogP contribution in [0, 0.1) is 6.92 Å². The zero-order valence-corrected chi connectivity index (χ0v) is 18.8. The van der Waals surface area contributed by atoms with E-state index in [0.29, 0.717) is 6.04 Å². The van der Waals surface area contributed by atoms with E-state index in [9.17, 15) is 4.79 Å². The molecule has 1 saturated heterocycles. The quantitative estimate of drug-likeness (QED) is 0.458. The number of hydrogen-bond donors (Lipinski definition) is 2. The van der Waals surface area contributed by atoms with Gasteiger partial charge in [0.25, 0.3) is 0 Å². The number of aromatic nitrogens is 3. The van der Waals surface area contributed by atoms with Crippen molar-refractivity contribution >= 4 is 28.4 Å². The average molecular weight is 442 g/mol. The fourth-order valence-corrected chi connectivity index (χ4v) is 4.37. The first-order valence-electron chi connectivity index (χ1n) is 11.2. The number of nitrogens with zero attached hydrogens (tertiary/aromatic N) is 3. The van der Waals surface area contributed by atoms with Crippen molar-refractivity contribution in [2.24, 2.45) is 0 Å². The fraction of sp³-hybridized carbons (Fsp3) is 0.269. The van der Waals surface area contributed by atoms with E-state index in [0.717, 1.165) is 65.4 Å². The lowest BCUT2D eigenvalue weighted by atomic mass is 10.0. The molecule has 7 heteroatoms. The molecule has 2 aromatic carbocycles. The van der Waals surface area contributed by atoms with Crippen molar-refractivity contribution in [3.8, 4) is 16.8 Å². The molecule has 2 N–H and O–H groups in total. The van der Waals surface area contributed by atoms with E-state index in [1.165, 1.54) is 12.5 Å². The standard InChI is InChI=1S/C26H27N5O2/c1-17-5-3-8-22(13-17)31-15-23(19-6-4-7-21(14-19)29-18(2)32)24-25(27-16-28-26(24)31)30-20-9-11-33-12-10-20/h3-8,13-16,20H,9-12H2,1-2H3,(H,29,32)(H,27,28,30). The summed E-state index contributed by atoms with van der Waals surface area (Å²) in [6.45, 7) is 5.10. The summed E-state index contributed by atoms with van der Waals surface area (Å²) < 4.78 is 7.64.